The van der Waals surface area contributed by atoms with Crippen LogP contribution in [0.3, 0.4) is 0 Å². The Morgan fingerprint density at radius 3 is 2.45 bits per heavy atom. The molecule has 0 bridgehead atoms. The number of nitrogens with zero attached hydrogens (tertiary/aromatic N) is 3. The van der Waals surface area contributed by atoms with E-state index in [1.807, 2.05) is 4.90 Å². The first-order valence-electron chi connectivity index (χ1n) is 7.13. The highest BCUT2D eigenvalue weighted by molar-refractivity contribution is 6.33. The number of carbonyl (C=O) groups excluding carboxylic acids is 1. The Labute approximate surface area is 130 Å². The van der Waals surface area contributed by atoms with E-state index in [1.54, 1.807) is 4.90 Å². The molecule has 8 heteroatoms. The molecule has 2 aliphatic heterocycles. The number of pyridine rings is 1. The maximum Gasteiger partial charge on any atom is 0.417 e. The summed E-state index contributed by atoms with van der Waals surface area (Å²) < 4.78 is 37.7. The van der Waals surface area contributed by atoms with Crippen LogP contribution in [-0.4, -0.2) is 42.0 Å². The zero-order chi connectivity index (χ0) is 15.9. The number of hydrogen-bond donors (Lipinski definition) is 0. The predicted molar refractivity (Wildman–Crippen MR) is 75.8 cm³/mol. The van der Waals surface area contributed by atoms with E-state index in [-0.39, 0.29) is 16.8 Å². The molecule has 1 amide bonds. The molecule has 4 nitrogen and oxygen atoms in total. The fraction of sp³-hybridized carbons (Fsp3) is 0.571. The van der Waals surface area contributed by atoms with Crippen molar-refractivity contribution in [2.24, 2.45) is 5.92 Å². The van der Waals surface area contributed by atoms with Crippen LogP contribution in [0.25, 0.3) is 0 Å². The lowest BCUT2D eigenvalue weighted by molar-refractivity contribution is -0.137. The van der Waals surface area contributed by atoms with Gasteiger partial charge in [-0.05, 0) is 18.9 Å². The molecule has 0 radical (unpaired) electrons. The molecule has 0 aliphatic carbocycles. The second-order valence-electron chi connectivity index (χ2n) is 5.66. The Morgan fingerprint density at radius 2 is 1.91 bits per heavy atom. The molecule has 0 saturated carbocycles. The molecule has 0 unspecified atom stereocenters. The van der Waals surface area contributed by atoms with Crippen molar-refractivity contribution < 1.29 is 18.0 Å². The lowest BCUT2D eigenvalue weighted by Crippen LogP contribution is -2.54. The highest BCUT2D eigenvalue weighted by atomic mass is 35.5. The SMILES string of the molecule is O=C(C1CN(c2ncc(C(F)(F)F)cc2Cl)C1)N1CCCC1. The summed E-state index contributed by atoms with van der Waals surface area (Å²) in [4.78, 5) is 19.6. The lowest BCUT2D eigenvalue weighted by Gasteiger charge is -2.41. The van der Waals surface area contributed by atoms with Crippen LogP contribution in [0.2, 0.25) is 5.02 Å². The Kier molecular flexibility index (Phi) is 3.92. The van der Waals surface area contributed by atoms with Crippen molar-refractivity contribution in [3.05, 3.63) is 22.8 Å². The van der Waals surface area contributed by atoms with Crippen LogP contribution in [0.15, 0.2) is 12.3 Å². The first-order chi connectivity index (χ1) is 10.4. The molecule has 0 spiro atoms. The number of rotatable bonds is 2. The molecule has 2 fully saturated rings. The van der Waals surface area contributed by atoms with Crippen LogP contribution in [0.4, 0.5) is 19.0 Å². The summed E-state index contributed by atoms with van der Waals surface area (Å²) in [6, 6.07) is 0.875. The molecular weight excluding hydrogens is 319 g/mol. The van der Waals surface area contributed by atoms with E-state index >= 15 is 0 Å². The summed E-state index contributed by atoms with van der Waals surface area (Å²) in [7, 11) is 0. The van der Waals surface area contributed by atoms with Gasteiger partial charge in [0.1, 0.15) is 5.82 Å². The van der Waals surface area contributed by atoms with Gasteiger partial charge in [-0.3, -0.25) is 4.79 Å². The number of alkyl halides is 3. The largest absolute Gasteiger partial charge is 0.417 e. The minimum absolute atomic E-state index is 0.0399. The van der Waals surface area contributed by atoms with Gasteiger partial charge in [0, 0.05) is 32.4 Å². The van der Waals surface area contributed by atoms with Gasteiger partial charge in [0.25, 0.3) is 0 Å². The van der Waals surface area contributed by atoms with Crippen LogP contribution in [0.5, 0.6) is 0 Å². The maximum atomic E-state index is 12.6. The average molecular weight is 334 g/mol. The van der Waals surface area contributed by atoms with Gasteiger partial charge in [-0.25, -0.2) is 4.98 Å². The molecule has 2 aliphatic rings. The minimum atomic E-state index is -4.46. The van der Waals surface area contributed by atoms with Crippen molar-refractivity contribution in [2.75, 3.05) is 31.1 Å². The van der Waals surface area contributed by atoms with Crippen molar-refractivity contribution in [3.63, 3.8) is 0 Å². The first-order valence-corrected chi connectivity index (χ1v) is 7.50. The Hall–Kier alpha value is -1.50. The smallest absolute Gasteiger partial charge is 0.354 e. The second kappa shape index (κ2) is 5.61. The molecule has 22 heavy (non-hydrogen) atoms. The minimum Gasteiger partial charge on any atom is -0.354 e. The van der Waals surface area contributed by atoms with Crippen LogP contribution >= 0.6 is 11.6 Å². The van der Waals surface area contributed by atoms with E-state index in [9.17, 15) is 18.0 Å². The molecule has 0 atom stereocenters. The summed E-state index contributed by atoms with van der Waals surface area (Å²) in [6.07, 6.45) is -1.61. The molecule has 3 heterocycles. The van der Waals surface area contributed by atoms with E-state index in [2.05, 4.69) is 4.98 Å². The fourth-order valence-electron chi connectivity index (χ4n) is 2.82. The van der Waals surface area contributed by atoms with Gasteiger partial charge < -0.3 is 9.80 Å². The molecule has 3 rings (SSSR count). The molecule has 0 aromatic carbocycles. The monoisotopic (exact) mass is 333 g/mol. The Balaban J connectivity index is 1.64. The van der Waals surface area contributed by atoms with E-state index in [1.165, 1.54) is 0 Å². The van der Waals surface area contributed by atoms with Crippen LogP contribution < -0.4 is 4.90 Å². The summed E-state index contributed by atoms with van der Waals surface area (Å²) >= 11 is 5.90. The van der Waals surface area contributed by atoms with E-state index < -0.39 is 11.7 Å². The van der Waals surface area contributed by atoms with Crippen molar-refractivity contribution >= 4 is 23.3 Å². The van der Waals surface area contributed by atoms with Crippen molar-refractivity contribution in [1.82, 2.24) is 9.88 Å². The third-order valence-corrected chi connectivity index (χ3v) is 4.38. The summed E-state index contributed by atoms with van der Waals surface area (Å²) in [5.41, 5.74) is -0.869. The lowest BCUT2D eigenvalue weighted by atomic mass is 9.98. The quantitative estimate of drug-likeness (QED) is 0.835. The molecule has 1 aromatic rings. The molecule has 120 valence electrons. The molecule has 2 saturated heterocycles. The second-order valence-corrected chi connectivity index (χ2v) is 6.07. The number of halogens is 4. The van der Waals surface area contributed by atoms with E-state index in [0.717, 1.165) is 38.2 Å². The zero-order valence-electron chi connectivity index (χ0n) is 11.7. The highest BCUT2D eigenvalue weighted by Crippen LogP contribution is 2.35. The van der Waals surface area contributed by atoms with E-state index in [0.29, 0.717) is 18.9 Å². The maximum absolute atomic E-state index is 12.6. The highest BCUT2D eigenvalue weighted by Gasteiger charge is 2.38. The number of carbonyl (C=O) groups is 1. The third-order valence-electron chi connectivity index (χ3n) is 4.10. The Bertz CT molecular complexity index is 581. The van der Waals surface area contributed by atoms with Crippen molar-refractivity contribution in [2.45, 2.75) is 19.0 Å². The fourth-order valence-corrected chi connectivity index (χ4v) is 3.11. The topological polar surface area (TPSA) is 36.4 Å². The van der Waals surface area contributed by atoms with Gasteiger partial charge in [-0.1, -0.05) is 11.6 Å². The first kappa shape index (κ1) is 15.4. The Morgan fingerprint density at radius 1 is 1.27 bits per heavy atom. The summed E-state index contributed by atoms with van der Waals surface area (Å²) in [6.45, 7) is 2.50. The summed E-state index contributed by atoms with van der Waals surface area (Å²) in [5, 5.41) is -0.0399. The van der Waals surface area contributed by atoms with Crippen LogP contribution in [0.1, 0.15) is 18.4 Å². The number of anilines is 1. The third kappa shape index (κ3) is 2.86. The van der Waals surface area contributed by atoms with Gasteiger partial charge in [-0.2, -0.15) is 13.2 Å². The van der Waals surface area contributed by atoms with Crippen molar-refractivity contribution in [1.29, 1.82) is 0 Å². The molecule has 1 aromatic heterocycles. The van der Waals surface area contributed by atoms with Gasteiger partial charge in [-0.15, -0.1) is 0 Å². The number of aromatic nitrogens is 1. The van der Waals surface area contributed by atoms with E-state index in [4.69, 9.17) is 11.6 Å². The van der Waals surface area contributed by atoms with Gasteiger partial charge in [0.05, 0.1) is 16.5 Å². The number of amides is 1. The van der Waals surface area contributed by atoms with Gasteiger partial charge in [0.2, 0.25) is 5.91 Å². The standard InChI is InChI=1S/C14H15ClF3N3O/c15-11-5-10(14(16,17)18)6-19-12(11)21-7-9(8-21)13(22)20-3-1-2-4-20/h5-6,9H,1-4,7-8H2. The predicted octanol–water partition coefficient (Wildman–Crippen LogP) is 2.81. The average Bonchev–Trinajstić information content (AvgIpc) is 2.91. The van der Waals surface area contributed by atoms with Crippen molar-refractivity contribution in [3.8, 4) is 0 Å². The summed E-state index contributed by atoms with van der Waals surface area (Å²) in [5.74, 6) is 0.315. The normalized spacial score (nSPS) is 19.5. The van der Waals surface area contributed by atoms with Crippen LogP contribution in [-0.2, 0) is 11.0 Å². The van der Waals surface area contributed by atoms with Gasteiger partial charge in [0.15, 0.2) is 0 Å². The number of likely N-dealkylation sites (tertiary alicyclic amines) is 1. The molecular formula is C14H15ClF3N3O. The van der Waals surface area contributed by atoms with Gasteiger partial charge >= 0.3 is 6.18 Å². The van der Waals surface area contributed by atoms with Crippen LogP contribution in [0, 0.1) is 5.92 Å². The number of hydrogen-bond acceptors (Lipinski definition) is 3. The molecule has 0 N–H and O–H groups in total. The zero-order valence-corrected chi connectivity index (χ0v) is 12.5.